The van der Waals surface area contributed by atoms with Gasteiger partial charge in [0.2, 0.25) is 0 Å². The van der Waals surface area contributed by atoms with Crippen LogP contribution in [0.5, 0.6) is 0 Å². The van der Waals surface area contributed by atoms with E-state index in [1.165, 1.54) is 31.0 Å². The number of amides is 2. The Morgan fingerprint density at radius 3 is 2.44 bits per heavy atom. The molecular formula is C20H24FN3O. The van der Waals surface area contributed by atoms with Crippen molar-refractivity contribution in [1.82, 2.24) is 5.32 Å². The normalized spacial score (nSPS) is 14.2. The predicted octanol–water partition coefficient (Wildman–Crippen LogP) is 4.18. The van der Waals surface area contributed by atoms with Crippen LogP contribution in [0.2, 0.25) is 0 Å². The van der Waals surface area contributed by atoms with Crippen molar-refractivity contribution in [2.75, 3.05) is 29.9 Å². The second-order valence-electron chi connectivity index (χ2n) is 6.32. The van der Waals surface area contributed by atoms with Crippen LogP contribution in [0.1, 0.15) is 24.8 Å². The van der Waals surface area contributed by atoms with Crippen LogP contribution in [0.25, 0.3) is 0 Å². The fourth-order valence-corrected chi connectivity index (χ4v) is 3.09. The number of hydrogen-bond donors (Lipinski definition) is 2. The fourth-order valence-electron chi connectivity index (χ4n) is 3.09. The number of urea groups is 1. The van der Waals surface area contributed by atoms with Gasteiger partial charge in [0.1, 0.15) is 5.82 Å². The molecule has 0 spiro atoms. The number of piperidine rings is 1. The molecule has 2 N–H and O–H groups in total. The molecule has 5 heteroatoms. The van der Waals surface area contributed by atoms with Crippen LogP contribution in [0.3, 0.4) is 0 Å². The largest absolute Gasteiger partial charge is 0.372 e. The SMILES string of the molecule is O=C(NCCc1ccccc1F)Nc1ccc(N2CCCCC2)cc1. The third kappa shape index (κ3) is 4.95. The molecule has 0 atom stereocenters. The Hall–Kier alpha value is -2.56. The van der Waals surface area contributed by atoms with Crippen molar-refractivity contribution in [1.29, 1.82) is 0 Å². The number of carbonyl (C=O) groups excluding carboxylic acids is 1. The van der Waals surface area contributed by atoms with E-state index in [0.717, 1.165) is 18.8 Å². The van der Waals surface area contributed by atoms with Gasteiger partial charge in [-0.3, -0.25) is 0 Å². The third-order valence-electron chi connectivity index (χ3n) is 4.48. The van der Waals surface area contributed by atoms with E-state index in [-0.39, 0.29) is 11.8 Å². The Labute approximate surface area is 148 Å². The molecule has 2 amide bonds. The fraction of sp³-hybridized carbons (Fsp3) is 0.350. The van der Waals surface area contributed by atoms with Gasteiger partial charge in [-0.25, -0.2) is 9.18 Å². The topological polar surface area (TPSA) is 44.4 Å². The molecule has 0 aliphatic carbocycles. The highest BCUT2D eigenvalue weighted by atomic mass is 19.1. The van der Waals surface area contributed by atoms with Gasteiger partial charge in [0.15, 0.2) is 0 Å². The summed E-state index contributed by atoms with van der Waals surface area (Å²) in [4.78, 5) is 14.3. The van der Waals surface area contributed by atoms with Crippen LogP contribution in [0, 0.1) is 5.82 Å². The Morgan fingerprint density at radius 2 is 1.72 bits per heavy atom. The number of hydrogen-bond acceptors (Lipinski definition) is 2. The molecule has 4 nitrogen and oxygen atoms in total. The first-order valence-electron chi connectivity index (χ1n) is 8.85. The first kappa shape index (κ1) is 17.3. The third-order valence-corrected chi connectivity index (χ3v) is 4.48. The van der Waals surface area contributed by atoms with Crippen molar-refractivity contribution in [3.63, 3.8) is 0 Å². The lowest BCUT2D eigenvalue weighted by Gasteiger charge is -2.28. The number of nitrogens with one attached hydrogen (secondary N) is 2. The molecule has 0 aromatic heterocycles. The first-order chi connectivity index (χ1) is 12.2. The number of anilines is 2. The van der Waals surface area contributed by atoms with Crippen LogP contribution in [0.15, 0.2) is 48.5 Å². The van der Waals surface area contributed by atoms with Crippen LogP contribution in [-0.4, -0.2) is 25.7 Å². The van der Waals surface area contributed by atoms with E-state index in [1.807, 2.05) is 24.3 Å². The number of carbonyl (C=O) groups is 1. The minimum Gasteiger partial charge on any atom is -0.372 e. The molecule has 132 valence electrons. The maximum Gasteiger partial charge on any atom is 0.319 e. The summed E-state index contributed by atoms with van der Waals surface area (Å²) in [7, 11) is 0. The van der Waals surface area contributed by atoms with Gasteiger partial charge in [-0.1, -0.05) is 18.2 Å². The standard InChI is InChI=1S/C20H24FN3O/c21-19-7-3-2-6-16(19)12-13-22-20(25)23-17-8-10-18(11-9-17)24-14-4-1-5-15-24/h2-3,6-11H,1,4-5,12-15H2,(H2,22,23,25). The van der Waals surface area contributed by atoms with E-state index in [0.29, 0.717) is 18.5 Å². The van der Waals surface area contributed by atoms with E-state index in [2.05, 4.69) is 15.5 Å². The first-order valence-corrected chi connectivity index (χ1v) is 8.85. The molecule has 0 saturated carbocycles. The zero-order valence-electron chi connectivity index (χ0n) is 14.3. The molecule has 1 aliphatic heterocycles. The highest BCUT2D eigenvalue weighted by Crippen LogP contribution is 2.21. The molecule has 1 heterocycles. The van der Waals surface area contributed by atoms with Crippen LogP contribution in [0.4, 0.5) is 20.6 Å². The van der Waals surface area contributed by atoms with Crippen molar-refractivity contribution >= 4 is 17.4 Å². The van der Waals surface area contributed by atoms with Gasteiger partial charge in [-0.15, -0.1) is 0 Å². The van der Waals surface area contributed by atoms with Gasteiger partial charge in [0, 0.05) is 31.0 Å². The lowest BCUT2D eigenvalue weighted by atomic mass is 10.1. The second kappa shape index (κ2) is 8.51. The predicted molar refractivity (Wildman–Crippen MR) is 99.6 cm³/mol. The Kier molecular flexibility index (Phi) is 5.88. The molecular weight excluding hydrogens is 317 g/mol. The molecule has 1 fully saturated rings. The zero-order valence-corrected chi connectivity index (χ0v) is 14.3. The summed E-state index contributed by atoms with van der Waals surface area (Å²) in [5, 5.41) is 5.57. The van der Waals surface area contributed by atoms with Crippen LogP contribution >= 0.6 is 0 Å². The molecule has 0 radical (unpaired) electrons. The lowest BCUT2D eigenvalue weighted by molar-refractivity contribution is 0.252. The molecule has 25 heavy (non-hydrogen) atoms. The van der Waals surface area contributed by atoms with Gasteiger partial charge in [-0.2, -0.15) is 0 Å². The van der Waals surface area contributed by atoms with Gasteiger partial charge >= 0.3 is 6.03 Å². The van der Waals surface area contributed by atoms with Gasteiger partial charge in [-0.05, 0) is 61.6 Å². The lowest BCUT2D eigenvalue weighted by Crippen LogP contribution is -2.31. The van der Waals surface area contributed by atoms with E-state index in [1.54, 1.807) is 18.2 Å². The number of halogens is 1. The Bertz CT molecular complexity index is 696. The van der Waals surface area contributed by atoms with E-state index < -0.39 is 0 Å². The summed E-state index contributed by atoms with van der Waals surface area (Å²) >= 11 is 0. The Morgan fingerprint density at radius 1 is 1.00 bits per heavy atom. The average Bonchev–Trinajstić information content (AvgIpc) is 2.65. The number of nitrogens with zero attached hydrogens (tertiary/aromatic N) is 1. The smallest absolute Gasteiger partial charge is 0.319 e. The molecule has 0 unspecified atom stereocenters. The molecule has 1 aliphatic rings. The summed E-state index contributed by atoms with van der Waals surface area (Å²) in [5.41, 5.74) is 2.56. The van der Waals surface area contributed by atoms with Crippen LogP contribution in [-0.2, 0) is 6.42 Å². The van der Waals surface area contributed by atoms with E-state index >= 15 is 0 Å². The summed E-state index contributed by atoms with van der Waals surface area (Å²) in [6.07, 6.45) is 4.26. The van der Waals surface area contributed by atoms with E-state index in [4.69, 9.17) is 0 Å². The maximum absolute atomic E-state index is 13.5. The van der Waals surface area contributed by atoms with Crippen molar-refractivity contribution in [3.05, 3.63) is 59.9 Å². The van der Waals surface area contributed by atoms with Crippen molar-refractivity contribution < 1.29 is 9.18 Å². The second-order valence-corrected chi connectivity index (χ2v) is 6.32. The van der Waals surface area contributed by atoms with Crippen molar-refractivity contribution in [2.45, 2.75) is 25.7 Å². The quantitative estimate of drug-likeness (QED) is 0.857. The molecule has 2 aromatic carbocycles. The average molecular weight is 341 g/mol. The Balaban J connectivity index is 1.45. The van der Waals surface area contributed by atoms with Gasteiger partial charge in [0.25, 0.3) is 0 Å². The summed E-state index contributed by atoms with van der Waals surface area (Å²) in [6, 6.07) is 14.3. The van der Waals surface area contributed by atoms with Crippen LogP contribution < -0.4 is 15.5 Å². The van der Waals surface area contributed by atoms with E-state index in [9.17, 15) is 9.18 Å². The van der Waals surface area contributed by atoms with Gasteiger partial charge in [0.05, 0.1) is 0 Å². The summed E-state index contributed by atoms with van der Waals surface area (Å²) < 4.78 is 13.5. The molecule has 0 bridgehead atoms. The highest BCUT2D eigenvalue weighted by Gasteiger charge is 2.11. The zero-order chi connectivity index (χ0) is 17.5. The minimum atomic E-state index is -0.276. The number of benzene rings is 2. The summed E-state index contributed by atoms with van der Waals surface area (Å²) in [6.45, 7) is 2.59. The molecule has 3 rings (SSSR count). The number of rotatable bonds is 5. The van der Waals surface area contributed by atoms with Crippen molar-refractivity contribution in [2.24, 2.45) is 0 Å². The minimum absolute atomic E-state index is 0.238. The maximum atomic E-state index is 13.5. The molecule has 2 aromatic rings. The summed E-state index contributed by atoms with van der Waals surface area (Å²) in [5.74, 6) is -0.238. The monoisotopic (exact) mass is 341 g/mol. The highest BCUT2D eigenvalue weighted by molar-refractivity contribution is 5.89. The molecule has 1 saturated heterocycles. The van der Waals surface area contributed by atoms with Gasteiger partial charge < -0.3 is 15.5 Å². The van der Waals surface area contributed by atoms with Crippen molar-refractivity contribution in [3.8, 4) is 0 Å².